The lowest BCUT2D eigenvalue weighted by molar-refractivity contribution is -0.149. The molecule has 1 N–H and O–H groups in total. The number of hydrogen-bond acceptors (Lipinski definition) is 3. The highest BCUT2D eigenvalue weighted by molar-refractivity contribution is 5.80. The van der Waals surface area contributed by atoms with Crippen LogP contribution in [0.15, 0.2) is 16.7 Å². The van der Waals surface area contributed by atoms with Crippen molar-refractivity contribution in [2.24, 2.45) is 5.92 Å². The Morgan fingerprint density at radius 2 is 2.10 bits per heavy atom. The van der Waals surface area contributed by atoms with Crippen molar-refractivity contribution in [3.63, 3.8) is 0 Å². The van der Waals surface area contributed by atoms with Crippen molar-refractivity contribution < 1.29 is 19.1 Å². The zero-order valence-electron chi connectivity index (χ0n) is 13.0. The Morgan fingerprint density at radius 1 is 1.43 bits per heavy atom. The highest BCUT2D eigenvalue weighted by Crippen LogP contribution is 2.41. The number of furan rings is 1. The van der Waals surface area contributed by atoms with Crippen LogP contribution in [-0.4, -0.2) is 27.4 Å². The summed E-state index contributed by atoms with van der Waals surface area (Å²) >= 11 is 0. The molecule has 1 aromatic heterocycles. The zero-order valence-corrected chi connectivity index (χ0v) is 13.0. The van der Waals surface area contributed by atoms with Gasteiger partial charge in [-0.3, -0.25) is 9.59 Å². The third-order valence-corrected chi connectivity index (χ3v) is 4.04. The molecule has 116 valence electrons. The molecule has 2 heterocycles. The van der Waals surface area contributed by atoms with Gasteiger partial charge in [-0.15, -0.1) is 0 Å². The Hall–Kier alpha value is -1.78. The van der Waals surface area contributed by atoms with Crippen LogP contribution < -0.4 is 0 Å². The summed E-state index contributed by atoms with van der Waals surface area (Å²) in [5, 5.41) is 9.61. The number of carbonyl (C=O) groups is 2. The van der Waals surface area contributed by atoms with Gasteiger partial charge in [0.25, 0.3) is 0 Å². The average Bonchev–Trinajstić information content (AvgIpc) is 2.67. The topological polar surface area (TPSA) is 70.7 Å². The number of rotatable bonds is 2. The lowest BCUT2D eigenvalue weighted by atomic mass is 9.89. The minimum atomic E-state index is -0.875. The van der Waals surface area contributed by atoms with Crippen LogP contribution in [0.2, 0.25) is 0 Å². The molecule has 1 aliphatic rings. The molecule has 0 aromatic carbocycles. The average molecular weight is 293 g/mol. The molecule has 2 atom stereocenters. The van der Waals surface area contributed by atoms with E-state index in [1.807, 2.05) is 33.8 Å². The Morgan fingerprint density at radius 3 is 2.57 bits per heavy atom. The Labute approximate surface area is 124 Å². The molecule has 1 saturated heterocycles. The van der Waals surface area contributed by atoms with E-state index in [0.717, 1.165) is 5.56 Å². The minimum Gasteiger partial charge on any atom is -0.481 e. The maximum absolute atomic E-state index is 12.5. The van der Waals surface area contributed by atoms with E-state index in [-0.39, 0.29) is 5.91 Å². The smallest absolute Gasteiger partial charge is 0.309 e. The van der Waals surface area contributed by atoms with Gasteiger partial charge in [0.15, 0.2) is 0 Å². The molecule has 5 heteroatoms. The number of amides is 1. The first-order valence-corrected chi connectivity index (χ1v) is 7.32. The monoisotopic (exact) mass is 293 g/mol. The zero-order chi connectivity index (χ0) is 15.8. The summed E-state index contributed by atoms with van der Waals surface area (Å²) in [6, 6.07) is 1.26. The van der Waals surface area contributed by atoms with Crippen molar-refractivity contribution in [1.29, 1.82) is 0 Å². The van der Waals surface area contributed by atoms with Crippen molar-refractivity contribution in [3.05, 3.63) is 23.7 Å². The summed E-state index contributed by atoms with van der Waals surface area (Å²) in [5.74, 6) is -0.931. The van der Waals surface area contributed by atoms with Crippen LogP contribution in [0.1, 0.15) is 57.4 Å². The number of hydrogen-bond donors (Lipinski definition) is 1. The number of likely N-dealkylation sites (tertiary alicyclic amines) is 1. The van der Waals surface area contributed by atoms with Crippen LogP contribution in [0.4, 0.5) is 0 Å². The van der Waals surface area contributed by atoms with Crippen molar-refractivity contribution >= 4 is 11.9 Å². The first kappa shape index (κ1) is 15.6. The van der Waals surface area contributed by atoms with E-state index >= 15 is 0 Å². The summed E-state index contributed by atoms with van der Waals surface area (Å²) in [6.07, 6.45) is 3.02. The van der Waals surface area contributed by atoms with E-state index in [0.29, 0.717) is 25.0 Å². The molecule has 0 saturated carbocycles. The molecule has 21 heavy (non-hydrogen) atoms. The number of carboxylic acids is 1. The third-order valence-electron chi connectivity index (χ3n) is 4.04. The van der Waals surface area contributed by atoms with Crippen LogP contribution in [0.5, 0.6) is 0 Å². The van der Waals surface area contributed by atoms with Gasteiger partial charge < -0.3 is 14.4 Å². The van der Waals surface area contributed by atoms with Gasteiger partial charge in [-0.2, -0.15) is 0 Å². The third kappa shape index (κ3) is 2.96. The van der Waals surface area contributed by atoms with Crippen LogP contribution in [0, 0.1) is 12.8 Å². The van der Waals surface area contributed by atoms with Crippen molar-refractivity contribution in [2.75, 3.05) is 0 Å². The highest BCUT2D eigenvalue weighted by atomic mass is 16.4. The molecular weight excluding hydrogens is 270 g/mol. The Kier molecular flexibility index (Phi) is 4.12. The maximum Gasteiger partial charge on any atom is 0.309 e. The van der Waals surface area contributed by atoms with E-state index in [2.05, 4.69) is 0 Å². The fourth-order valence-electron chi connectivity index (χ4n) is 3.12. The first-order chi connectivity index (χ1) is 9.73. The van der Waals surface area contributed by atoms with Crippen LogP contribution in [0.25, 0.3) is 0 Å². The van der Waals surface area contributed by atoms with Crippen LogP contribution >= 0.6 is 0 Å². The molecule has 2 unspecified atom stereocenters. The van der Waals surface area contributed by atoms with E-state index in [1.54, 1.807) is 11.2 Å². The van der Waals surface area contributed by atoms with Crippen molar-refractivity contribution in [1.82, 2.24) is 4.90 Å². The van der Waals surface area contributed by atoms with Gasteiger partial charge in [0.2, 0.25) is 5.91 Å². The van der Waals surface area contributed by atoms with Gasteiger partial charge >= 0.3 is 5.97 Å². The molecule has 0 radical (unpaired) electrons. The molecule has 2 rings (SSSR count). The molecule has 5 nitrogen and oxygen atoms in total. The van der Waals surface area contributed by atoms with Gasteiger partial charge in [0.1, 0.15) is 11.8 Å². The number of aliphatic carboxylic acids is 1. The fourth-order valence-corrected chi connectivity index (χ4v) is 3.12. The fraction of sp³-hybridized carbons (Fsp3) is 0.625. The predicted molar refractivity (Wildman–Crippen MR) is 77.8 cm³/mol. The van der Waals surface area contributed by atoms with Crippen LogP contribution in [0.3, 0.4) is 0 Å². The van der Waals surface area contributed by atoms with Crippen LogP contribution in [-0.2, 0) is 9.59 Å². The molecule has 0 aliphatic carbocycles. The lowest BCUT2D eigenvalue weighted by Gasteiger charge is -2.42. The summed E-state index contributed by atoms with van der Waals surface area (Å²) in [6.45, 7) is 7.68. The molecule has 0 bridgehead atoms. The summed E-state index contributed by atoms with van der Waals surface area (Å²) < 4.78 is 5.56. The van der Waals surface area contributed by atoms with Crippen molar-refractivity contribution in [2.45, 2.75) is 58.5 Å². The van der Waals surface area contributed by atoms with E-state index in [4.69, 9.17) is 4.42 Å². The lowest BCUT2D eigenvalue weighted by Crippen LogP contribution is -2.49. The normalized spacial score (nSPS) is 24.0. The van der Waals surface area contributed by atoms with Gasteiger partial charge in [-0.1, -0.05) is 0 Å². The van der Waals surface area contributed by atoms with Crippen molar-refractivity contribution in [3.8, 4) is 0 Å². The highest BCUT2D eigenvalue weighted by Gasteiger charge is 2.45. The number of aryl methyl sites for hydroxylation is 1. The van der Waals surface area contributed by atoms with Gasteiger partial charge in [-0.25, -0.2) is 0 Å². The summed E-state index contributed by atoms with van der Waals surface area (Å²) in [5.41, 5.74) is 0.425. The second-order valence-corrected chi connectivity index (χ2v) is 6.68. The second-order valence-electron chi connectivity index (χ2n) is 6.68. The maximum atomic E-state index is 12.5. The SMILES string of the molecule is Cc1ccoc1C1C(C(=O)O)CCCC(=O)N1C(C)(C)C. The largest absolute Gasteiger partial charge is 0.481 e. The second kappa shape index (κ2) is 5.54. The molecule has 0 spiro atoms. The van der Waals surface area contributed by atoms with E-state index in [9.17, 15) is 14.7 Å². The molecule has 1 amide bonds. The van der Waals surface area contributed by atoms with E-state index in [1.165, 1.54) is 0 Å². The summed E-state index contributed by atoms with van der Waals surface area (Å²) in [4.78, 5) is 26.0. The molecule has 1 aromatic rings. The number of carbonyl (C=O) groups excluding carboxylic acids is 1. The molecular formula is C16H23NO4. The number of carboxylic acid groups (broad SMARTS) is 1. The van der Waals surface area contributed by atoms with Gasteiger partial charge in [0, 0.05) is 12.0 Å². The Balaban J connectivity index is 2.58. The standard InChI is InChI=1S/C16H23NO4/c1-10-8-9-21-14(10)13-11(15(19)20)6-5-7-12(18)17(13)16(2,3)4/h8-9,11,13H,5-7H2,1-4H3,(H,19,20). The predicted octanol–water partition coefficient (Wildman–Crippen LogP) is 3.14. The molecule has 1 aliphatic heterocycles. The Bertz CT molecular complexity index is 541. The summed E-state index contributed by atoms with van der Waals surface area (Å²) in [7, 11) is 0. The first-order valence-electron chi connectivity index (χ1n) is 7.32. The minimum absolute atomic E-state index is 0.00736. The van der Waals surface area contributed by atoms with Gasteiger partial charge in [-0.05, 0) is 52.2 Å². The van der Waals surface area contributed by atoms with E-state index < -0.39 is 23.5 Å². The van der Waals surface area contributed by atoms with Gasteiger partial charge in [0.05, 0.1) is 12.2 Å². The molecule has 1 fully saturated rings. The quantitative estimate of drug-likeness (QED) is 0.909. The number of nitrogens with zero attached hydrogens (tertiary/aromatic N) is 1.